The number of aliphatic hydroxyl groups excluding tert-OH is 4. The molecule has 11 nitrogen and oxygen atoms in total. The van der Waals surface area contributed by atoms with E-state index in [1.165, 1.54) is 30.3 Å². The topological polar surface area (TPSA) is 193 Å². The second-order valence-electron chi connectivity index (χ2n) is 7.54. The molecule has 0 radical (unpaired) electrons. The number of rotatable bonds is 4. The zero-order valence-corrected chi connectivity index (χ0v) is 16.5. The Kier molecular flexibility index (Phi) is 5.75. The Morgan fingerprint density at radius 1 is 0.875 bits per heavy atom. The first-order chi connectivity index (χ1) is 15.2. The van der Waals surface area contributed by atoms with Crippen molar-refractivity contribution in [1.29, 1.82) is 0 Å². The van der Waals surface area contributed by atoms with Gasteiger partial charge in [-0.15, -0.1) is 0 Å². The molecule has 32 heavy (non-hydrogen) atoms. The molecule has 1 fully saturated rings. The van der Waals surface area contributed by atoms with Gasteiger partial charge < -0.3 is 55.1 Å². The summed E-state index contributed by atoms with van der Waals surface area (Å²) in [6.07, 6.45) is -7.22. The number of hydrogen-bond acceptors (Lipinski definition) is 10. The molecule has 2 aromatic rings. The number of hydrogen-bond donors (Lipinski definition) is 8. The van der Waals surface area contributed by atoms with Crippen LogP contribution in [0.4, 0.5) is 0 Å². The van der Waals surface area contributed by atoms with Gasteiger partial charge in [-0.05, 0) is 18.2 Å². The van der Waals surface area contributed by atoms with Crippen molar-refractivity contribution in [3.8, 4) is 28.7 Å². The maximum atomic E-state index is 10.3. The molecule has 2 aliphatic heterocycles. The summed E-state index contributed by atoms with van der Waals surface area (Å²) in [5, 5.41) is 79.3. The van der Waals surface area contributed by atoms with Gasteiger partial charge in [0.15, 0.2) is 17.3 Å². The fourth-order valence-corrected chi connectivity index (χ4v) is 3.63. The molecule has 0 aromatic heterocycles. The highest BCUT2D eigenvalue weighted by atomic mass is 16.7. The molecule has 0 saturated carbocycles. The van der Waals surface area contributed by atoms with Crippen LogP contribution >= 0.6 is 0 Å². The lowest BCUT2D eigenvalue weighted by atomic mass is 9.98. The van der Waals surface area contributed by atoms with Crippen molar-refractivity contribution >= 4 is 6.08 Å². The SMILES string of the molecule is OC[C@H]1O[C@@H](OC2=Cc3c(O)cc(O)cc3[OH+]C2c2ccc(O)c(O)c2)[C@H](O)[C@@H](O)[C@H]1O. The average Bonchev–Trinajstić information content (AvgIpc) is 2.76. The molecule has 2 heterocycles. The van der Waals surface area contributed by atoms with Gasteiger partial charge in [0.05, 0.1) is 18.2 Å². The predicted molar refractivity (Wildman–Crippen MR) is 107 cm³/mol. The van der Waals surface area contributed by atoms with Crippen LogP contribution in [0.25, 0.3) is 6.08 Å². The molecular formula is C21H23O11+. The van der Waals surface area contributed by atoms with Gasteiger partial charge in [-0.3, -0.25) is 0 Å². The highest BCUT2D eigenvalue weighted by Crippen LogP contribution is 2.46. The van der Waals surface area contributed by atoms with Crippen molar-refractivity contribution in [1.82, 2.24) is 0 Å². The largest absolute Gasteiger partial charge is 0.571 e. The summed E-state index contributed by atoms with van der Waals surface area (Å²) < 4.78 is 15.6. The number of aromatic hydroxyl groups is 5. The molecule has 0 spiro atoms. The van der Waals surface area contributed by atoms with Crippen molar-refractivity contribution < 1.29 is 55.1 Å². The van der Waals surface area contributed by atoms with Crippen molar-refractivity contribution in [2.75, 3.05) is 6.61 Å². The quantitative estimate of drug-likeness (QED) is 0.225. The van der Waals surface area contributed by atoms with Crippen molar-refractivity contribution in [2.45, 2.75) is 36.8 Å². The number of phenolic OH excluding ortho intramolecular Hbond substituents is 4. The number of fused-ring (bicyclic) bond motifs is 1. The van der Waals surface area contributed by atoms with E-state index in [1.807, 2.05) is 0 Å². The van der Waals surface area contributed by atoms with E-state index in [9.17, 15) is 40.9 Å². The van der Waals surface area contributed by atoms with Crippen molar-refractivity contribution in [2.24, 2.45) is 0 Å². The fraction of sp³-hybridized carbons (Fsp3) is 0.333. The maximum absolute atomic E-state index is 10.3. The van der Waals surface area contributed by atoms with E-state index in [4.69, 9.17) is 9.47 Å². The van der Waals surface area contributed by atoms with E-state index in [0.29, 0.717) is 5.56 Å². The van der Waals surface area contributed by atoms with E-state index in [0.717, 1.165) is 6.07 Å². The molecule has 6 atom stereocenters. The summed E-state index contributed by atoms with van der Waals surface area (Å²) in [5.74, 6) is -1.08. The van der Waals surface area contributed by atoms with Crippen LogP contribution in [-0.2, 0) is 9.47 Å². The zero-order valence-electron chi connectivity index (χ0n) is 16.5. The van der Waals surface area contributed by atoms with Gasteiger partial charge in [-0.25, -0.2) is 0 Å². The zero-order chi connectivity index (χ0) is 23.2. The molecule has 2 aliphatic rings. The molecule has 0 aliphatic carbocycles. The first-order valence-corrected chi connectivity index (χ1v) is 9.67. The molecule has 1 unspecified atom stereocenters. The van der Waals surface area contributed by atoms with Gasteiger partial charge in [0.2, 0.25) is 6.29 Å². The second-order valence-corrected chi connectivity index (χ2v) is 7.54. The maximum Gasteiger partial charge on any atom is 0.270 e. The minimum absolute atomic E-state index is 0.0212. The smallest absolute Gasteiger partial charge is 0.270 e. The lowest BCUT2D eigenvalue weighted by molar-refractivity contribution is -0.295. The number of benzene rings is 2. The number of phenols is 4. The van der Waals surface area contributed by atoms with Gasteiger partial charge in [0.25, 0.3) is 11.9 Å². The van der Waals surface area contributed by atoms with Gasteiger partial charge >= 0.3 is 0 Å². The number of ether oxygens (including phenoxy) is 3. The minimum atomic E-state index is -1.68. The monoisotopic (exact) mass is 451 g/mol. The van der Waals surface area contributed by atoms with Crippen LogP contribution in [0.1, 0.15) is 17.2 Å². The summed E-state index contributed by atoms with van der Waals surface area (Å²) in [7, 11) is 0. The molecule has 9 N–H and O–H groups in total. The standard InChI is InChI=1S/C21H22O11/c22-7-16-17(27)18(28)19(29)21(32-16)31-15-6-10-12(25)4-9(23)5-14(10)30-20(15)8-1-2-11(24)13(26)3-8/h1-6,16-29H,7H2/p+1/t16-,17+,18+,19-,20?,21-/m1/s1. The Labute approximate surface area is 181 Å². The first kappa shape index (κ1) is 22.0. The lowest BCUT2D eigenvalue weighted by Gasteiger charge is -2.40. The van der Waals surface area contributed by atoms with Crippen LogP contribution in [0.15, 0.2) is 36.1 Å². The van der Waals surface area contributed by atoms with E-state index in [1.54, 1.807) is 0 Å². The Bertz CT molecular complexity index is 1030. The van der Waals surface area contributed by atoms with Gasteiger partial charge in [0.1, 0.15) is 41.5 Å². The van der Waals surface area contributed by atoms with Crippen LogP contribution in [-0.4, -0.2) is 82.9 Å². The minimum Gasteiger partial charge on any atom is -0.571 e. The van der Waals surface area contributed by atoms with Crippen molar-refractivity contribution in [3.63, 3.8) is 0 Å². The third-order valence-electron chi connectivity index (χ3n) is 5.36. The third-order valence-corrected chi connectivity index (χ3v) is 5.36. The van der Waals surface area contributed by atoms with E-state index in [-0.39, 0.29) is 34.3 Å². The third kappa shape index (κ3) is 3.87. The Hall–Kier alpha value is -3.22. The molecule has 2 aromatic carbocycles. The first-order valence-electron chi connectivity index (χ1n) is 9.67. The summed E-state index contributed by atoms with van der Waals surface area (Å²) in [4.78, 5) is 0. The Balaban J connectivity index is 1.74. The van der Waals surface area contributed by atoms with Gasteiger partial charge in [-0.1, -0.05) is 0 Å². The Morgan fingerprint density at radius 3 is 2.31 bits per heavy atom. The van der Waals surface area contributed by atoms with Crippen molar-refractivity contribution in [3.05, 3.63) is 47.2 Å². The summed E-state index contributed by atoms with van der Waals surface area (Å²) in [6.45, 7) is -0.646. The predicted octanol–water partition coefficient (Wildman–Crippen LogP) is -0.337. The van der Waals surface area contributed by atoms with E-state index in [2.05, 4.69) is 4.74 Å². The molecule has 172 valence electrons. The Morgan fingerprint density at radius 2 is 1.62 bits per heavy atom. The highest BCUT2D eigenvalue weighted by molar-refractivity contribution is 5.69. The normalized spacial score (nSPS) is 29.6. The second kappa shape index (κ2) is 8.37. The molecule has 0 amide bonds. The van der Waals surface area contributed by atoms with Crippen LogP contribution in [0.2, 0.25) is 0 Å². The van der Waals surface area contributed by atoms with Crippen LogP contribution < -0.4 is 0 Å². The van der Waals surface area contributed by atoms with E-state index < -0.39 is 49.2 Å². The molecule has 4 rings (SSSR count). The van der Waals surface area contributed by atoms with Crippen LogP contribution in [0.5, 0.6) is 28.7 Å². The van der Waals surface area contributed by atoms with Crippen LogP contribution in [0, 0.1) is 0 Å². The molecule has 1 saturated heterocycles. The van der Waals surface area contributed by atoms with E-state index >= 15 is 0 Å². The van der Waals surface area contributed by atoms with Gasteiger partial charge in [-0.2, -0.15) is 0 Å². The molecular weight excluding hydrogens is 428 g/mol. The number of aliphatic hydroxyl groups is 5. The summed E-state index contributed by atoms with van der Waals surface area (Å²) in [6, 6.07) is 6.34. The van der Waals surface area contributed by atoms with Crippen LogP contribution in [0.3, 0.4) is 0 Å². The molecule has 0 bridgehead atoms. The highest BCUT2D eigenvalue weighted by Gasteiger charge is 2.46. The fourth-order valence-electron chi connectivity index (χ4n) is 3.63. The average molecular weight is 451 g/mol. The van der Waals surface area contributed by atoms with Gasteiger partial charge in [0, 0.05) is 12.1 Å². The summed E-state index contributed by atoms with van der Waals surface area (Å²) in [5.41, 5.74) is 0.547. The lowest BCUT2D eigenvalue weighted by Crippen LogP contribution is -2.59. The summed E-state index contributed by atoms with van der Waals surface area (Å²) >= 11 is 0. The molecule has 11 heteroatoms.